The molecule has 0 aliphatic heterocycles. The van der Waals surface area contributed by atoms with Crippen LogP contribution >= 0.6 is 0 Å². The third-order valence-electron chi connectivity index (χ3n) is 7.43. The number of aliphatic hydroxyl groups is 1. The minimum Gasteiger partial charge on any atom is -0.390 e. The number of aliphatic hydroxyl groups excluding tert-OH is 1. The lowest BCUT2D eigenvalue weighted by molar-refractivity contribution is 0.0829. The van der Waals surface area contributed by atoms with Gasteiger partial charge in [-0.15, -0.1) is 0 Å². The Morgan fingerprint density at radius 1 is 0.950 bits per heavy atom. The number of halogens is 2. The number of hydrogen-bond acceptors (Lipinski definition) is 5. The van der Waals surface area contributed by atoms with E-state index >= 15 is 0 Å². The second kappa shape index (κ2) is 13.5. The first-order valence-corrected chi connectivity index (χ1v) is 15.3. The summed E-state index contributed by atoms with van der Waals surface area (Å²) < 4.78 is 53.5. The van der Waals surface area contributed by atoms with E-state index in [0.717, 1.165) is 30.9 Å². The number of benzene rings is 3. The fraction of sp³-hybridized carbons (Fsp3) is 0.387. The highest BCUT2D eigenvalue weighted by Gasteiger charge is 2.30. The standard InChI is InChI=1S/C31H36F2N2O4S/c1-2-21-6-5-7-22(14-21)19-34-20-30(36)29(17-23-15-25(32)18-26(33)16-23)35-31(37)24-10-12-28(13-11-24)40(38,39)27-8-3-4-9-27/h5-7,10-16,18,27,29-30,34,36H,2-4,8-9,17,19-20H2,1H3,(H,35,37)/t29-,30+/m0/s1. The van der Waals surface area contributed by atoms with E-state index in [1.54, 1.807) is 0 Å². The molecule has 0 unspecified atom stereocenters. The summed E-state index contributed by atoms with van der Waals surface area (Å²) in [4.78, 5) is 13.3. The Bertz CT molecular complexity index is 1390. The molecule has 1 aliphatic carbocycles. The minimum atomic E-state index is -3.46. The summed E-state index contributed by atoms with van der Waals surface area (Å²) in [7, 11) is -3.46. The maximum atomic E-state index is 13.9. The number of aryl methyl sites for hydroxylation is 1. The average Bonchev–Trinajstić information content (AvgIpc) is 3.48. The second-order valence-corrected chi connectivity index (χ2v) is 12.6. The molecule has 3 aromatic carbocycles. The molecule has 9 heteroatoms. The molecule has 0 saturated heterocycles. The summed E-state index contributed by atoms with van der Waals surface area (Å²) in [5.74, 6) is -2.02. The summed E-state index contributed by atoms with van der Waals surface area (Å²) in [5.41, 5.74) is 2.75. The van der Waals surface area contributed by atoms with E-state index in [-0.39, 0.29) is 29.0 Å². The van der Waals surface area contributed by atoms with Gasteiger partial charge in [0.2, 0.25) is 0 Å². The van der Waals surface area contributed by atoms with Crippen molar-refractivity contribution in [3.8, 4) is 0 Å². The van der Waals surface area contributed by atoms with Crippen LogP contribution in [0.5, 0.6) is 0 Å². The Hall–Kier alpha value is -3.14. The lowest BCUT2D eigenvalue weighted by Gasteiger charge is -2.25. The zero-order chi connectivity index (χ0) is 28.7. The normalized spacial score (nSPS) is 15.6. The fourth-order valence-electron chi connectivity index (χ4n) is 5.17. The quantitative estimate of drug-likeness (QED) is 0.293. The van der Waals surface area contributed by atoms with Gasteiger partial charge in [0.25, 0.3) is 5.91 Å². The Morgan fingerprint density at radius 2 is 1.60 bits per heavy atom. The van der Waals surface area contributed by atoms with Gasteiger partial charge >= 0.3 is 0 Å². The molecule has 1 aliphatic rings. The summed E-state index contributed by atoms with van der Waals surface area (Å²) in [5, 5.41) is 16.6. The first-order valence-electron chi connectivity index (χ1n) is 13.7. The van der Waals surface area contributed by atoms with Gasteiger partial charge in [0.15, 0.2) is 9.84 Å². The number of hydrogen-bond donors (Lipinski definition) is 3. The number of rotatable bonds is 12. The van der Waals surface area contributed by atoms with Crippen LogP contribution in [0.4, 0.5) is 8.78 Å². The third-order valence-corrected chi connectivity index (χ3v) is 9.71. The Labute approximate surface area is 234 Å². The number of amides is 1. The van der Waals surface area contributed by atoms with Gasteiger partial charge < -0.3 is 15.7 Å². The summed E-state index contributed by atoms with van der Waals surface area (Å²) >= 11 is 0. The molecule has 40 heavy (non-hydrogen) atoms. The molecule has 3 aromatic rings. The predicted molar refractivity (Wildman–Crippen MR) is 151 cm³/mol. The molecule has 1 fully saturated rings. The summed E-state index contributed by atoms with van der Waals surface area (Å²) in [6.45, 7) is 2.69. The van der Waals surface area contributed by atoms with Crippen molar-refractivity contribution in [2.45, 2.75) is 74.3 Å². The largest absolute Gasteiger partial charge is 0.390 e. The molecule has 3 N–H and O–H groups in total. The van der Waals surface area contributed by atoms with E-state index in [4.69, 9.17) is 0 Å². The monoisotopic (exact) mass is 570 g/mol. The molecule has 1 amide bonds. The topological polar surface area (TPSA) is 95.5 Å². The molecule has 214 valence electrons. The summed E-state index contributed by atoms with van der Waals surface area (Å²) in [6.07, 6.45) is 2.88. The van der Waals surface area contributed by atoms with E-state index in [2.05, 4.69) is 23.6 Å². The van der Waals surface area contributed by atoms with Gasteiger partial charge in [-0.25, -0.2) is 17.2 Å². The van der Waals surface area contributed by atoms with E-state index in [1.807, 2.05) is 18.2 Å². The zero-order valence-electron chi connectivity index (χ0n) is 22.6. The minimum absolute atomic E-state index is 0.0112. The lowest BCUT2D eigenvalue weighted by atomic mass is 10.00. The molecule has 2 atom stereocenters. The van der Waals surface area contributed by atoms with Crippen LogP contribution in [0.3, 0.4) is 0 Å². The number of sulfone groups is 1. The van der Waals surface area contributed by atoms with Crippen LogP contribution in [0, 0.1) is 11.6 Å². The van der Waals surface area contributed by atoms with Crippen molar-refractivity contribution in [1.82, 2.24) is 10.6 Å². The molecule has 0 spiro atoms. The van der Waals surface area contributed by atoms with E-state index < -0.39 is 44.8 Å². The van der Waals surface area contributed by atoms with Crippen LogP contribution in [0.1, 0.15) is 59.7 Å². The molecule has 0 aromatic heterocycles. The van der Waals surface area contributed by atoms with Gasteiger partial charge in [-0.3, -0.25) is 4.79 Å². The van der Waals surface area contributed by atoms with Crippen LogP contribution in [-0.2, 0) is 29.2 Å². The van der Waals surface area contributed by atoms with Crippen LogP contribution in [-0.4, -0.2) is 43.4 Å². The SMILES string of the molecule is CCc1cccc(CNC[C@@H](O)[C@H](Cc2cc(F)cc(F)c2)NC(=O)c2ccc(S(=O)(=O)C3CCCC3)cc2)c1. The van der Waals surface area contributed by atoms with Crippen molar-refractivity contribution >= 4 is 15.7 Å². The van der Waals surface area contributed by atoms with Crippen molar-refractivity contribution in [2.24, 2.45) is 0 Å². The van der Waals surface area contributed by atoms with E-state index in [1.165, 1.54) is 42.0 Å². The van der Waals surface area contributed by atoms with Gasteiger partial charge in [0.05, 0.1) is 22.3 Å². The van der Waals surface area contributed by atoms with Crippen LogP contribution in [0.15, 0.2) is 71.6 Å². The van der Waals surface area contributed by atoms with E-state index in [9.17, 15) is 27.1 Å². The fourth-order valence-corrected chi connectivity index (χ4v) is 7.03. The Kier molecular flexibility index (Phi) is 10.1. The Balaban J connectivity index is 1.46. The van der Waals surface area contributed by atoms with Gasteiger partial charge in [-0.2, -0.15) is 0 Å². The molecule has 4 rings (SSSR count). The maximum Gasteiger partial charge on any atom is 0.251 e. The second-order valence-electron chi connectivity index (χ2n) is 10.4. The van der Waals surface area contributed by atoms with Crippen molar-refractivity contribution in [3.05, 3.63) is 101 Å². The van der Waals surface area contributed by atoms with Gasteiger partial charge in [-0.05, 0) is 78.8 Å². The highest BCUT2D eigenvalue weighted by atomic mass is 32.2. The number of carbonyl (C=O) groups excluding carboxylic acids is 1. The van der Waals surface area contributed by atoms with Gasteiger partial charge in [-0.1, -0.05) is 44.0 Å². The summed E-state index contributed by atoms with van der Waals surface area (Å²) in [6, 6.07) is 16.0. The van der Waals surface area contributed by atoms with Gasteiger partial charge in [0.1, 0.15) is 11.6 Å². The smallest absolute Gasteiger partial charge is 0.251 e. The average molecular weight is 571 g/mol. The predicted octanol–water partition coefficient (Wildman–Crippen LogP) is 4.74. The highest BCUT2D eigenvalue weighted by molar-refractivity contribution is 7.92. The van der Waals surface area contributed by atoms with Crippen molar-refractivity contribution < 1.29 is 27.1 Å². The lowest BCUT2D eigenvalue weighted by Crippen LogP contribution is -2.48. The molecule has 0 bridgehead atoms. The van der Waals surface area contributed by atoms with Gasteiger partial charge in [0, 0.05) is 24.7 Å². The van der Waals surface area contributed by atoms with Crippen LogP contribution in [0.2, 0.25) is 0 Å². The molecular weight excluding hydrogens is 534 g/mol. The first-order chi connectivity index (χ1) is 19.2. The molecule has 0 radical (unpaired) electrons. The maximum absolute atomic E-state index is 13.9. The molecular formula is C31H36F2N2O4S. The van der Waals surface area contributed by atoms with E-state index in [0.29, 0.717) is 19.4 Å². The zero-order valence-corrected chi connectivity index (χ0v) is 23.4. The number of nitrogens with one attached hydrogen (secondary N) is 2. The number of carbonyl (C=O) groups is 1. The van der Waals surface area contributed by atoms with Crippen molar-refractivity contribution in [2.75, 3.05) is 6.54 Å². The van der Waals surface area contributed by atoms with Crippen molar-refractivity contribution in [3.63, 3.8) is 0 Å². The molecule has 1 saturated carbocycles. The Morgan fingerprint density at radius 3 is 2.25 bits per heavy atom. The van der Waals surface area contributed by atoms with Crippen LogP contribution in [0.25, 0.3) is 0 Å². The first kappa shape index (κ1) is 29.8. The molecule has 6 nitrogen and oxygen atoms in total. The van der Waals surface area contributed by atoms with Crippen molar-refractivity contribution in [1.29, 1.82) is 0 Å². The highest BCUT2D eigenvalue weighted by Crippen LogP contribution is 2.29. The molecule has 0 heterocycles. The third kappa shape index (κ3) is 7.74. The van der Waals surface area contributed by atoms with Crippen LogP contribution < -0.4 is 10.6 Å².